The Morgan fingerprint density at radius 2 is 1.36 bits per heavy atom. The summed E-state index contributed by atoms with van der Waals surface area (Å²) in [7, 11) is 0. The number of hydrogen-bond acceptors (Lipinski definition) is 4. The monoisotopic (exact) mass is 228 g/mol. The molecule has 0 nitrogen and oxygen atoms in total. The van der Waals surface area contributed by atoms with Crippen LogP contribution < -0.4 is 0 Å². The average molecular weight is 228 g/mol. The van der Waals surface area contributed by atoms with Crippen molar-refractivity contribution in [1.82, 2.24) is 0 Å². The van der Waals surface area contributed by atoms with E-state index in [1.54, 1.807) is 0 Å². The summed E-state index contributed by atoms with van der Waals surface area (Å²) in [5.74, 6) is 0. The van der Waals surface area contributed by atoms with Gasteiger partial charge in [0.25, 0.3) is 0 Å². The Balaban J connectivity index is 3.13. The van der Waals surface area contributed by atoms with Crippen LogP contribution in [-0.2, 0) is 0 Å². The second-order valence-electron chi connectivity index (χ2n) is 2.18. The minimum atomic E-state index is 0.500. The Hall–Kier alpha value is 1.40. The van der Waals surface area contributed by atoms with Crippen molar-refractivity contribution in [3.8, 4) is 0 Å². The molecule has 0 aliphatic carbocycles. The molecule has 0 fully saturated rings. The van der Waals surface area contributed by atoms with E-state index in [0.29, 0.717) is 9.16 Å². The van der Waals surface area contributed by atoms with E-state index >= 15 is 0 Å². The predicted molar refractivity (Wildman–Crippen MR) is 66.2 cm³/mol. The van der Waals surface area contributed by atoms with Gasteiger partial charge in [0.1, 0.15) is 0 Å². The van der Waals surface area contributed by atoms with Gasteiger partial charge >= 0.3 is 0 Å². The normalized spacial score (nSPS) is 16.4. The van der Waals surface area contributed by atoms with Crippen molar-refractivity contribution in [2.75, 3.05) is 5.08 Å². The molecule has 0 rings (SSSR count). The standard InChI is InChI=1S/C7H16S4/c1-3-6(8)10-5-11-7(9)4-2/h6-9H,3-5H2,1-2H3. The van der Waals surface area contributed by atoms with Crippen molar-refractivity contribution >= 4 is 48.8 Å². The minimum Gasteiger partial charge on any atom is -0.165 e. The van der Waals surface area contributed by atoms with Gasteiger partial charge in [-0.25, -0.2) is 0 Å². The van der Waals surface area contributed by atoms with Crippen LogP contribution in [0.1, 0.15) is 26.7 Å². The van der Waals surface area contributed by atoms with Gasteiger partial charge < -0.3 is 0 Å². The minimum absolute atomic E-state index is 0.500. The van der Waals surface area contributed by atoms with E-state index < -0.39 is 0 Å². The highest BCUT2D eigenvalue weighted by molar-refractivity contribution is 8.23. The van der Waals surface area contributed by atoms with Gasteiger partial charge in [-0.05, 0) is 12.8 Å². The molecule has 4 heteroatoms. The van der Waals surface area contributed by atoms with Crippen LogP contribution in [0.15, 0.2) is 0 Å². The molecule has 0 heterocycles. The van der Waals surface area contributed by atoms with Gasteiger partial charge in [0, 0.05) is 14.2 Å². The van der Waals surface area contributed by atoms with E-state index in [1.807, 2.05) is 23.5 Å². The van der Waals surface area contributed by atoms with Crippen LogP contribution in [0.25, 0.3) is 0 Å². The van der Waals surface area contributed by atoms with Crippen molar-refractivity contribution < 1.29 is 0 Å². The lowest BCUT2D eigenvalue weighted by molar-refractivity contribution is 1.06. The lowest BCUT2D eigenvalue weighted by atomic mass is 10.6. The zero-order chi connectivity index (χ0) is 8.69. The molecular formula is C7H16S4. The van der Waals surface area contributed by atoms with Crippen LogP contribution in [0, 0.1) is 0 Å². The summed E-state index contributed by atoms with van der Waals surface area (Å²) in [4.78, 5) is 0. The fourth-order valence-electron chi connectivity index (χ4n) is 0.432. The molecule has 0 saturated heterocycles. The van der Waals surface area contributed by atoms with Crippen molar-refractivity contribution in [1.29, 1.82) is 0 Å². The number of hydrogen-bond donors (Lipinski definition) is 2. The third-order valence-corrected chi connectivity index (χ3v) is 5.37. The highest BCUT2D eigenvalue weighted by atomic mass is 32.2. The average Bonchev–Trinajstić information content (AvgIpc) is 2.04. The fourth-order valence-corrected chi connectivity index (χ4v) is 3.57. The Labute approximate surface area is 89.5 Å². The molecule has 0 bridgehead atoms. The Bertz CT molecular complexity index is 76.5. The van der Waals surface area contributed by atoms with E-state index in [4.69, 9.17) is 0 Å². The zero-order valence-electron chi connectivity index (χ0n) is 6.99. The molecule has 0 saturated carbocycles. The van der Waals surface area contributed by atoms with Gasteiger partial charge in [-0.3, -0.25) is 0 Å². The molecule has 0 spiro atoms. The topological polar surface area (TPSA) is 0 Å². The largest absolute Gasteiger partial charge is 0.165 e. The van der Waals surface area contributed by atoms with Gasteiger partial charge in [0.2, 0.25) is 0 Å². The van der Waals surface area contributed by atoms with Crippen molar-refractivity contribution in [3.63, 3.8) is 0 Å². The molecule has 0 aromatic rings. The molecule has 0 amide bonds. The maximum Gasteiger partial charge on any atom is 0.0478 e. The van der Waals surface area contributed by atoms with E-state index in [-0.39, 0.29) is 0 Å². The highest BCUT2D eigenvalue weighted by Crippen LogP contribution is 2.27. The summed E-state index contributed by atoms with van der Waals surface area (Å²) in [6, 6.07) is 0. The summed E-state index contributed by atoms with van der Waals surface area (Å²) in [5, 5.41) is 1.12. The molecule has 0 aliphatic heterocycles. The molecule has 68 valence electrons. The summed E-state index contributed by atoms with van der Waals surface area (Å²) < 4.78 is 1.000. The van der Waals surface area contributed by atoms with E-state index in [9.17, 15) is 0 Å². The number of thioether (sulfide) groups is 2. The summed E-state index contributed by atoms with van der Waals surface area (Å²) in [6.07, 6.45) is 2.27. The lowest BCUT2D eigenvalue weighted by Crippen LogP contribution is -1.93. The molecule has 0 aliphatic rings. The first-order chi connectivity index (χ1) is 5.20. The Morgan fingerprint density at radius 1 is 1.00 bits per heavy atom. The van der Waals surface area contributed by atoms with Gasteiger partial charge in [0.15, 0.2) is 0 Å². The first-order valence-electron chi connectivity index (χ1n) is 3.80. The number of thiol groups is 2. The van der Waals surface area contributed by atoms with E-state index in [0.717, 1.165) is 17.9 Å². The highest BCUT2D eigenvalue weighted by Gasteiger charge is 2.02. The van der Waals surface area contributed by atoms with Crippen LogP contribution >= 0.6 is 48.8 Å². The van der Waals surface area contributed by atoms with Crippen LogP contribution in [0.5, 0.6) is 0 Å². The third-order valence-electron chi connectivity index (χ3n) is 1.22. The second kappa shape index (κ2) is 8.02. The third kappa shape index (κ3) is 7.75. The van der Waals surface area contributed by atoms with Gasteiger partial charge in [-0.1, -0.05) is 13.8 Å². The summed E-state index contributed by atoms with van der Waals surface area (Å²) >= 11 is 12.6. The summed E-state index contributed by atoms with van der Waals surface area (Å²) in [6.45, 7) is 4.32. The SMILES string of the molecule is CCC(S)SCSC(S)CC. The van der Waals surface area contributed by atoms with Crippen LogP contribution in [0.4, 0.5) is 0 Å². The van der Waals surface area contributed by atoms with Crippen molar-refractivity contribution in [2.45, 2.75) is 35.9 Å². The van der Waals surface area contributed by atoms with Crippen LogP contribution in [0.2, 0.25) is 0 Å². The summed E-state index contributed by atoms with van der Waals surface area (Å²) in [5.41, 5.74) is 0. The molecule has 2 unspecified atom stereocenters. The Morgan fingerprint density at radius 3 is 1.64 bits per heavy atom. The molecule has 11 heavy (non-hydrogen) atoms. The molecule has 0 aromatic carbocycles. The van der Waals surface area contributed by atoms with Crippen LogP contribution in [0.3, 0.4) is 0 Å². The lowest BCUT2D eigenvalue weighted by Gasteiger charge is -2.09. The quantitative estimate of drug-likeness (QED) is 0.525. The van der Waals surface area contributed by atoms with E-state index in [1.165, 1.54) is 0 Å². The van der Waals surface area contributed by atoms with Crippen molar-refractivity contribution in [3.05, 3.63) is 0 Å². The predicted octanol–water partition coefficient (Wildman–Crippen LogP) is 3.74. The number of rotatable bonds is 6. The van der Waals surface area contributed by atoms with Gasteiger partial charge in [-0.15, -0.1) is 23.5 Å². The van der Waals surface area contributed by atoms with Crippen molar-refractivity contribution in [2.24, 2.45) is 0 Å². The first kappa shape index (κ1) is 12.4. The second-order valence-corrected chi connectivity index (χ2v) is 6.87. The van der Waals surface area contributed by atoms with Gasteiger partial charge in [-0.2, -0.15) is 25.3 Å². The first-order valence-corrected chi connectivity index (χ1v) is 6.93. The van der Waals surface area contributed by atoms with Gasteiger partial charge in [0.05, 0.1) is 0 Å². The maximum absolute atomic E-state index is 4.39. The Kier molecular flexibility index (Phi) is 9.04. The molecule has 0 N–H and O–H groups in total. The van der Waals surface area contributed by atoms with E-state index in [2.05, 4.69) is 39.1 Å². The zero-order valence-corrected chi connectivity index (χ0v) is 10.4. The molecular weight excluding hydrogens is 212 g/mol. The maximum atomic E-state index is 4.39. The molecule has 0 aromatic heterocycles. The van der Waals surface area contributed by atoms with Crippen LogP contribution in [-0.4, -0.2) is 14.2 Å². The molecule has 0 radical (unpaired) electrons. The molecule has 2 atom stereocenters. The smallest absolute Gasteiger partial charge is 0.0478 e. The fraction of sp³-hybridized carbons (Fsp3) is 1.00.